The van der Waals surface area contributed by atoms with Crippen LogP contribution in [0.3, 0.4) is 0 Å². The lowest BCUT2D eigenvalue weighted by molar-refractivity contribution is 0.117. The molecule has 0 saturated carbocycles. The number of anilines is 1. The summed E-state index contributed by atoms with van der Waals surface area (Å²) in [5.41, 5.74) is 0.914. The van der Waals surface area contributed by atoms with Crippen molar-refractivity contribution < 1.29 is 14.6 Å². The minimum absolute atomic E-state index is 0.198. The quantitative estimate of drug-likeness (QED) is 0.825. The summed E-state index contributed by atoms with van der Waals surface area (Å²) in [6, 6.07) is 14.6. The molecule has 0 saturated heterocycles. The zero-order chi connectivity index (χ0) is 15.1. The van der Waals surface area contributed by atoms with Crippen molar-refractivity contribution in [1.29, 1.82) is 0 Å². The van der Waals surface area contributed by atoms with Gasteiger partial charge in [0.05, 0.1) is 7.11 Å². The van der Waals surface area contributed by atoms with Gasteiger partial charge in [-0.3, -0.25) is 0 Å². The maximum atomic E-state index is 9.90. The second-order valence-electron chi connectivity index (χ2n) is 4.53. The molecule has 0 bridgehead atoms. The average molecular weight is 308 g/mol. The van der Waals surface area contributed by atoms with E-state index in [0.717, 1.165) is 11.4 Å². The van der Waals surface area contributed by atoms with Gasteiger partial charge in [0.2, 0.25) is 0 Å². The van der Waals surface area contributed by atoms with Crippen molar-refractivity contribution in [3.05, 3.63) is 53.6 Å². The highest BCUT2D eigenvalue weighted by molar-refractivity contribution is 6.30. The van der Waals surface area contributed by atoms with Gasteiger partial charge in [-0.2, -0.15) is 0 Å². The molecule has 5 heteroatoms. The van der Waals surface area contributed by atoms with E-state index in [1.54, 1.807) is 31.4 Å². The lowest BCUT2D eigenvalue weighted by Gasteiger charge is -2.14. The van der Waals surface area contributed by atoms with E-state index in [9.17, 15) is 5.11 Å². The van der Waals surface area contributed by atoms with Crippen LogP contribution in [0.1, 0.15) is 0 Å². The summed E-state index contributed by atoms with van der Waals surface area (Å²) in [6.07, 6.45) is -0.619. The standard InChI is InChI=1S/C16H18ClNO3/c1-20-15-7-5-13(6-8-15)18-10-14(19)11-21-16-4-2-3-12(17)9-16/h2-9,14,18-19H,10-11H2,1H3. The lowest BCUT2D eigenvalue weighted by Crippen LogP contribution is -2.26. The number of ether oxygens (including phenoxy) is 2. The van der Waals surface area contributed by atoms with E-state index in [1.807, 2.05) is 24.3 Å². The molecule has 0 fully saturated rings. The molecule has 0 heterocycles. The van der Waals surface area contributed by atoms with Crippen LogP contribution in [0.25, 0.3) is 0 Å². The van der Waals surface area contributed by atoms with Gasteiger partial charge < -0.3 is 19.9 Å². The first-order valence-corrected chi connectivity index (χ1v) is 6.99. The molecule has 0 spiro atoms. The molecule has 0 aromatic heterocycles. The van der Waals surface area contributed by atoms with Gasteiger partial charge in [0.15, 0.2) is 0 Å². The van der Waals surface area contributed by atoms with Crippen LogP contribution in [-0.4, -0.2) is 31.5 Å². The molecule has 1 unspecified atom stereocenters. The number of hydrogen-bond donors (Lipinski definition) is 2. The van der Waals surface area contributed by atoms with Gasteiger partial charge in [-0.25, -0.2) is 0 Å². The molecule has 1 atom stereocenters. The molecule has 2 aromatic rings. The SMILES string of the molecule is COc1ccc(NCC(O)COc2cccc(Cl)c2)cc1. The zero-order valence-electron chi connectivity index (χ0n) is 11.8. The van der Waals surface area contributed by atoms with E-state index in [-0.39, 0.29) is 6.61 Å². The van der Waals surface area contributed by atoms with Crippen LogP contribution in [0.5, 0.6) is 11.5 Å². The Labute approximate surface area is 129 Å². The Morgan fingerprint density at radius 3 is 2.57 bits per heavy atom. The molecule has 4 nitrogen and oxygen atoms in total. The van der Waals surface area contributed by atoms with Gasteiger partial charge in [-0.15, -0.1) is 0 Å². The molecule has 2 rings (SSSR count). The summed E-state index contributed by atoms with van der Waals surface area (Å²) in [5, 5.41) is 13.6. The maximum absolute atomic E-state index is 9.90. The Hall–Kier alpha value is -1.91. The normalized spacial score (nSPS) is 11.8. The van der Waals surface area contributed by atoms with Crippen molar-refractivity contribution in [3.63, 3.8) is 0 Å². The van der Waals surface area contributed by atoms with Crippen LogP contribution in [0.2, 0.25) is 5.02 Å². The minimum atomic E-state index is -0.619. The van der Waals surface area contributed by atoms with Gasteiger partial charge in [-0.1, -0.05) is 17.7 Å². The molecular weight excluding hydrogens is 290 g/mol. The third kappa shape index (κ3) is 5.17. The van der Waals surface area contributed by atoms with E-state index < -0.39 is 6.10 Å². The number of benzene rings is 2. The van der Waals surface area contributed by atoms with Crippen LogP contribution < -0.4 is 14.8 Å². The summed E-state index contributed by atoms with van der Waals surface area (Å²) >= 11 is 5.86. The monoisotopic (exact) mass is 307 g/mol. The van der Waals surface area contributed by atoms with Crippen LogP contribution in [0, 0.1) is 0 Å². The highest BCUT2D eigenvalue weighted by Crippen LogP contribution is 2.17. The predicted molar refractivity (Wildman–Crippen MR) is 84.4 cm³/mol. The predicted octanol–water partition coefficient (Wildman–Crippen LogP) is 3.20. The number of rotatable bonds is 7. The first-order valence-electron chi connectivity index (χ1n) is 6.62. The van der Waals surface area contributed by atoms with E-state index in [1.165, 1.54) is 0 Å². The molecular formula is C16H18ClNO3. The number of aliphatic hydroxyl groups is 1. The zero-order valence-corrected chi connectivity index (χ0v) is 12.5. The first kappa shape index (κ1) is 15.5. The number of methoxy groups -OCH3 is 1. The van der Waals surface area contributed by atoms with Crippen molar-refractivity contribution in [2.24, 2.45) is 0 Å². The topological polar surface area (TPSA) is 50.7 Å². The van der Waals surface area contributed by atoms with Crippen LogP contribution in [0.15, 0.2) is 48.5 Å². The number of nitrogens with one attached hydrogen (secondary N) is 1. The van der Waals surface area contributed by atoms with Gasteiger partial charge >= 0.3 is 0 Å². The lowest BCUT2D eigenvalue weighted by atomic mass is 10.3. The van der Waals surface area contributed by atoms with Crippen LogP contribution >= 0.6 is 11.6 Å². The fraction of sp³-hybridized carbons (Fsp3) is 0.250. The average Bonchev–Trinajstić information content (AvgIpc) is 2.51. The highest BCUT2D eigenvalue weighted by Gasteiger charge is 2.05. The van der Waals surface area contributed by atoms with Gasteiger partial charge in [0.1, 0.15) is 24.2 Å². The second kappa shape index (κ2) is 7.76. The Morgan fingerprint density at radius 1 is 1.14 bits per heavy atom. The third-order valence-electron chi connectivity index (χ3n) is 2.87. The fourth-order valence-electron chi connectivity index (χ4n) is 1.75. The highest BCUT2D eigenvalue weighted by atomic mass is 35.5. The molecule has 0 amide bonds. The van der Waals surface area contributed by atoms with E-state index >= 15 is 0 Å². The number of aliphatic hydroxyl groups excluding tert-OH is 1. The molecule has 0 aliphatic carbocycles. The summed E-state index contributed by atoms with van der Waals surface area (Å²) in [5.74, 6) is 1.44. The Kier molecular flexibility index (Phi) is 5.72. The molecule has 2 N–H and O–H groups in total. The summed E-state index contributed by atoms with van der Waals surface area (Å²) in [6.45, 7) is 0.594. The molecule has 21 heavy (non-hydrogen) atoms. The second-order valence-corrected chi connectivity index (χ2v) is 4.97. The van der Waals surface area contributed by atoms with Gasteiger partial charge in [0.25, 0.3) is 0 Å². The largest absolute Gasteiger partial charge is 0.497 e. The Balaban J connectivity index is 1.75. The van der Waals surface area contributed by atoms with Crippen molar-refractivity contribution in [3.8, 4) is 11.5 Å². The first-order chi connectivity index (χ1) is 10.2. The van der Waals surface area contributed by atoms with E-state index in [2.05, 4.69) is 5.32 Å². The summed E-state index contributed by atoms with van der Waals surface area (Å²) in [4.78, 5) is 0. The molecule has 0 aliphatic heterocycles. The van der Waals surface area contributed by atoms with Crippen molar-refractivity contribution >= 4 is 17.3 Å². The van der Waals surface area contributed by atoms with Gasteiger partial charge in [-0.05, 0) is 42.5 Å². The Morgan fingerprint density at radius 2 is 1.90 bits per heavy atom. The molecule has 112 valence electrons. The van der Waals surface area contributed by atoms with Crippen molar-refractivity contribution in [2.45, 2.75) is 6.10 Å². The number of halogens is 1. The fourth-order valence-corrected chi connectivity index (χ4v) is 1.93. The van der Waals surface area contributed by atoms with Gasteiger partial charge in [0, 0.05) is 17.3 Å². The van der Waals surface area contributed by atoms with E-state index in [4.69, 9.17) is 21.1 Å². The third-order valence-corrected chi connectivity index (χ3v) is 3.11. The van der Waals surface area contributed by atoms with E-state index in [0.29, 0.717) is 17.3 Å². The van der Waals surface area contributed by atoms with Crippen molar-refractivity contribution in [1.82, 2.24) is 0 Å². The summed E-state index contributed by atoms with van der Waals surface area (Å²) < 4.78 is 10.6. The molecule has 2 aromatic carbocycles. The maximum Gasteiger partial charge on any atom is 0.120 e. The molecule has 0 aliphatic rings. The van der Waals surface area contributed by atoms with Crippen LogP contribution in [0.4, 0.5) is 5.69 Å². The van der Waals surface area contributed by atoms with Crippen molar-refractivity contribution in [2.75, 3.05) is 25.6 Å². The smallest absolute Gasteiger partial charge is 0.120 e. The Bertz CT molecular complexity index is 560. The minimum Gasteiger partial charge on any atom is -0.497 e. The summed E-state index contributed by atoms with van der Waals surface area (Å²) in [7, 11) is 1.62. The molecule has 0 radical (unpaired) electrons. The van der Waals surface area contributed by atoms with Crippen LogP contribution in [-0.2, 0) is 0 Å². The number of hydrogen-bond acceptors (Lipinski definition) is 4.